The van der Waals surface area contributed by atoms with Gasteiger partial charge in [0.15, 0.2) is 0 Å². The number of aryl methyl sites for hydroxylation is 1. The fourth-order valence-corrected chi connectivity index (χ4v) is 1.29. The Balaban J connectivity index is 3.14. The summed E-state index contributed by atoms with van der Waals surface area (Å²) in [7, 11) is 0. The summed E-state index contributed by atoms with van der Waals surface area (Å²) in [5.41, 5.74) is 3.08. The predicted octanol–water partition coefficient (Wildman–Crippen LogP) is 1.54. The molecule has 0 aliphatic heterocycles. The van der Waals surface area contributed by atoms with E-state index in [1.807, 2.05) is 19.9 Å². The smallest absolute Gasteiger partial charge is 0.119 e. The van der Waals surface area contributed by atoms with Crippen LogP contribution in [0.1, 0.15) is 16.7 Å². The van der Waals surface area contributed by atoms with E-state index in [1.54, 1.807) is 6.07 Å². The van der Waals surface area contributed by atoms with E-state index >= 15 is 0 Å². The first-order valence-corrected chi connectivity index (χ1v) is 4.05. The third-order valence-corrected chi connectivity index (χ3v) is 2.21. The SMILES string of the molecule is Cc1ccc(O)c(CCO)c1C. The third kappa shape index (κ3) is 1.59. The van der Waals surface area contributed by atoms with Crippen LogP contribution >= 0.6 is 0 Å². The fraction of sp³-hybridized carbons (Fsp3) is 0.400. The normalized spacial score (nSPS) is 10.2. The predicted molar refractivity (Wildman–Crippen MR) is 48.4 cm³/mol. The highest BCUT2D eigenvalue weighted by molar-refractivity contribution is 5.43. The Hall–Kier alpha value is -1.02. The number of hydrogen-bond acceptors (Lipinski definition) is 2. The molecule has 0 amide bonds. The number of benzene rings is 1. The Kier molecular flexibility index (Phi) is 2.71. The molecule has 2 N–H and O–H groups in total. The van der Waals surface area contributed by atoms with Crippen molar-refractivity contribution < 1.29 is 10.2 Å². The summed E-state index contributed by atoms with van der Waals surface area (Å²) in [4.78, 5) is 0. The van der Waals surface area contributed by atoms with Crippen LogP contribution < -0.4 is 0 Å². The summed E-state index contributed by atoms with van der Waals surface area (Å²) < 4.78 is 0. The van der Waals surface area contributed by atoms with Crippen LogP contribution in [0.5, 0.6) is 5.75 Å². The average Bonchev–Trinajstić information content (AvgIpc) is 2.06. The molecule has 0 aliphatic rings. The Morgan fingerprint density at radius 1 is 1.25 bits per heavy atom. The molecule has 0 bridgehead atoms. The minimum Gasteiger partial charge on any atom is -0.508 e. The Labute approximate surface area is 72.5 Å². The lowest BCUT2D eigenvalue weighted by Gasteiger charge is -2.09. The molecule has 0 heterocycles. The van der Waals surface area contributed by atoms with E-state index in [-0.39, 0.29) is 12.4 Å². The Bertz CT molecular complexity index is 279. The van der Waals surface area contributed by atoms with Gasteiger partial charge in [0, 0.05) is 6.61 Å². The zero-order valence-electron chi connectivity index (χ0n) is 7.46. The Morgan fingerprint density at radius 3 is 2.50 bits per heavy atom. The standard InChI is InChI=1S/C10H14O2/c1-7-3-4-10(12)9(5-6-11)8(7)2/h3-4,11-12H,5-6H2,1-2H3. The molecule has 0 aromatic heterocycles. The zero-order chi connectivity index (χ0) is 9.14. The molecule has 66 valence electrons. The first-order valence-electron chi connectivity index (χ1n) is 4.05. The molecule has 0 fully saturated rings. The third-order valence-electron chi connectivity index (χ3n) is 2.21. The van der Waals surface area contributed by atoms with Crippen molar-refractivity contribution in [3.63, 3.8) is 0 Å². The summed E-state index contributed by atoms with van der Waals surface area (Å²) in [5.74, 6) is 0.284. The largest absolute Gasteiger partial charge is 0.508 e. The van der Waals surface area contributed by atoms with Crippen molar-refractivity contribution in [3.05, 3.63) is 28.8 Å². The summed E-state index contributed by atoms with van der Waals surface area (Å²) in [6.45, 7) is 4.04. The number of phenols is 1. The second kappa shape index (κ2) is 3.59. The second-order valence-corrected chi connectivity index (χ2v) is 2.98. The van der Waals surface area contributed by atoms with E-state index in [1.165, 1.54) is 0 Å². The van der Waals surface area contributed by atoms with Crippen molar-refractivity contribution in [3.8, 4) is 5.75 Å². The van der Waals surface area contributed by atoms with Crippen LogP contribution in [0.15, 0.2) is 12.1 Å². The quantitative estimate of drug-likeness (QED) is 0.699. The van der Waals surface area contributed by atoms with Crippen LogP contribution in [0.25, 0.3) is 0 Å². The number of phenolic OH excluding ortho intramolecular Hbond substituents is 1. The molecule has 0 atom stereocenters. The van der Waals surface area contributed by atoms with Crippen molar-refractivity contribution in [2.45, 2.75) is 20.3 Å². The molecule has 0 spiro atoms. The molecule has 0 saturated carbocycles. The van der Waals surface area contributed by atoms with Crippen LogP contribution in [-0.2, 0) is 6.42 Å². The van der Waals surface area contributed by atoms with Crippen molar-refractivity contribution in [2.24, 2.45) is 0 Å². The molecule has 12 heavy (non-hydrogen) atoms. The van der Waals surface area contributed by atoms with Gasteiger partial charge in [0.1, 0.15) is 5.75 Å². The van der Waals surface area contributed by atoms with E-state index in [0.717, 1.165) is 16.7 Å². The second-order valence-electron chi connectivity index (χ2n) is 2.98. The summed E-state index contributed by atoms with van der Waals surface area (Å²) in [6.07, 6.45) is 0.527. The summed E-state index contributed by atoms with van der Waals surface area (Å²) >= 11 is 0. The summed E-state index contributed by atoms with van der Waals surface area (Å²) in [5, 5.41) is 18.2. The minimum atomic E-state index is 0.0812. The first-order chi connectivity index (χ1) is 5.66. The highest BCUT2D eigenvalue weighted by Crippen LogP contribution is 2.23. The number of hydrogen-bond donors (Lipinski definition) is 2. The highest BCUT2D eigenvalue weighted by Gasteiger charge is 2.05. The van der Waals surface area contributed by atoms with Gasteiger partial charge in [0.2, 0.25) is 0 Å². The maximum Gasteiger partial charge on any atom is 0.119 e. The van der Waals surface area contributed by atoms with Gasteiger partial charge in [-0.05, 0) is 43.0 Å². The van der Waals surface area contributed by atoms with Crippen LogP contribution in [-0.4, -0.2) is 16.8 Å². The van der Waals surface area contributed by atoms with Gasteiger partial charge >= 0.3 is 0 Å². The van der Waals surface area contributed by atoms with Gasteiger partial charge in [-0.3, -0.25) is 0 Å². The average molecular weight is 166 g/mol. The lowest BCUT2D eigenvalue weighted by atomic mass is 10.0. The molecular formula is C10H14O2. The molecule has 0 radical (unpaired) electrons. The molecule has 2 nitrogen and oxygen atoms in total. The van der Waals surface area contributed by atoms with E-state index < -0.39 is 0 Å². The van der Waals surface area contributed by atoms with E-state index in [4.69, 9.17) is 5.11 Å². The molecular weight excluding hydrogens is 152 g/mol. The summed E-state index contributed by atoms with van der Waals surface area (Å²) in [6, 6.07) is 3.55. The molecule has 1 rings (SSSR count). The lowest BCUT2D eigenvalue weighted by molar-refractivity contribution is 0.297. The van der Waals surface area contributed by atoms with Gasteiger partial charge in [0.25, 0.3) is 0 Å². The number of rotatable bonds is 2. The molecule has 1 aromatic rings. The number of aromatic hydroxyl groups is 1. The van der Waals surface area contributed by atoms with E-state index in [2.05, 4.69) is 0 Å². The lowest BCUT2D eigenvalue weighted by Crippen LogP contribution is -1.96. The molecule has 0 aliphatic carbocycles. The maximum atomic E-state index is 9.44. The van der Waals surface area contributed by atoms with Gasteiger partial charge in [-0.1, -0.05) is 6.07 Å². The first kappa shape index (κ1) is 9.07. The van der Waals surface area contributed by atoms with Crippen LogP contribution in [0, 0.1) is 13.8 Å². The molecule has 0 saturated heterocycles. The zero-order valence-corrected chi connectivity index (χ0v) is 7.46. The van der Waals surface area contributed by atoms with Gasteiger partial charge in [-0.25, -0.2) is 0 Å². The van der Waals surface area contributed by atoms with Crippen molar-refractivity contribution in [1.29, 1.82) is 0 Å². The molecule has 1 aromatic carbocycles. The number of aliphatic hydroxyl groups is 1. The van der Waals surface area contributed by atoms with E-state index in [9.17, 15) is 5.11 Å². The number of aliphatic hydroxyl groups excluding tert-OH is 1. The molecule has 0 unspecified atom stereocenters. The van der Waals surface area contributed by atoms with Crippen LogP contribution in [0.2, 0.25) is 0 Å². The van der Waals surface area contributed by atoms with Gasteiger partial charge in [-0.15, -0.1) is 0 Å². The Morgan fingerprint density at radius 2 is 1.92 bits per heavy atom. The fourth-order valence-electron chi connectivity index (χ4n) is 1.29. The molecule has 2 heteroatoms. The van der Waals surface area contributed by atoms with Gasteiger partial charge in [-0.2, -0.15) is 0 Å². The van der Waals surface area contributed by atoms with Crippen LogP contribution in [0.3, 0.4) is 0 Å². The van der Waals surface area contributed by atoms with Gasteiger partial charge < -0.3 is 10.2 Å². The van der Waals surface area contributed by atoms with Crippen molar-refractivity contribution in [2.75, 3.05) is 6.61 Å². The topological polar surface area (TPSA) is 40.5 Å². The van der Waals surface area contributed by atoms with Crippen molar-refractivity contribution in [1.82, 2.24) is 0 Å². The minimum absolute atomic E-state index is 0.0812. The van der Waals surface area contributed by atoms with Gasteiger partial charge in [0.05, 0.1) is 0 Å². The highest BCUT2D eigenvalue weighted by atomic mass is 16.3. The monoisotopic (exact) mass is 166 g/mol. The van der Waals surface area contributed by atoms with Crippen molar-refractivity contribution >= 4 is 0 Å². The maximum absolute atomic E-state index is 9.44. The van der Waals surface area contributed by atoms with E-state index in [0.29, 0.717) is 6.42 Å². The van der Waals surface area contributed by atoms with Crippen LogP contribution in [0.4, 0.5) is 0 Å².